The average molecular weight is 642 g/mol. The Kier molecular flexibility index (Phi) is 4.25. The first-order chi connectivity index (χ1) is 30.3. The minimum atomic E-state index is -3.03. The number of rotatable bonds is 6. The van der Waals surface area contributed by atoms with Gasteiger partial charge in [-0.25, -0.2) is 4.98 Å². The van der Waals surface area contributed by atoms with Gasteiger partial charge in [0.15, 0.2) is 0 Å². The molecule has 2 heteroatoms. The molecule has 0 amide bonds. The van der Waals surface area contributed by atoms with Gasteiger partial charge in [-0.15, -0.1) is 0 Å². The summed E-state index contributed by atoms with van der Waals surface area (Å²) in [4.78, 5) is 4.50. The first-order valence-electron chi connectivity index (χ1n) is 23.2. The Morgan fingerprint density at radius 3 is 1.90 bits per heavy atom. The van der Waals surface area contributed by atoms with Crippen molar-refractivity contribution in [1.29, 1.82) is 0 Å². The van der Waals surface area contributed by atoms with E-state index in [1.807, 2.05) is 48.5 Å². The molecule has 0 atom stereocenters. The first-order valence-corrected chi connectivity index (χ1v) is 15.7. The van der Waals surface area contributed by atoms with Crippen LogP contribution in [0.1, 0.15) is 33.2 Å². The largest absolute Gasteiger partial charge is 0.296 e. The Morgan fingerprint density at radius 2 is 1.14 bits per heavy atom. The molecule has 49 heavy (non-hydrogen) atoms. The molecule has 9 aromatic rings. The minimum absolute atomic E-state index is 0.0570. The van der Waals surface area contributed by atoms with Gasteiger partial charge in [0.1, 0.15) is 5.82 Å². The van der Waals surface area contributed by atoms with Crippen LogP contribution in [0, 0.1) is 0 Å². The maximum Gasteiger partial charge on any atom is 0.114 e. The molecular formula is C47H34N2. The van der Waals surface area contributed by atoms with Crippen LogP contribution in [0.2, 0.25) is 0 Å². The van der Waals surface area contributed by atoms with E-state index in [0.717, 1.165) is 5.56 Å². The van der Waals surface area contributed by atoms with Crippen LogP contribution < -0.4 is 0 Å². The van der Waals surface area contributed by atoms with Crippen LogP contribution in [0.5, 0.6) is 0 Å². The van der Waals surface area contributed by atoms with E-state index in [1.54, 1.807) is 71.3 Å². The quantitative estimate of drug-likeness (QED) is 0.165. The monoisotopic (exact) mass is 641 g/mol. The molecule has 0 saturated heterocycles. The molecule has 0 spiro atoms. The van der Waals surface area contributed by atoms with Gasteiger partial charge in [0.2, 0.25) is 0 Å². The van der Waals surface area contributed by atoms with Crippen LogP contribution in [-0.4, -0.2) is 9.55 Å². The van der Waals surface area contributed by atoms with Gasteiger partial charge in [0, 0.05) is 18.8 Å². The molecule has 2 nitrogen and oxygen atoms in total. The van der Waals surface area contributed by atoms with Gasteiger partial charge in [0.05, 0.1) is 30.4 Å². The SMILES string of the molecule is [2H]c1c([2H])c([2H])c(-c2ccc3c(-c4ccc(-c5ccccc5-n5c(C([2H])([2H])C([2H])([2H])[2H])nc6ccccc65)cc4)c4ccccc4c(-c4c([2H])c([2H])c([2H])c([2H])c4[2H])c3c2)c([2H])c1[2H]. The molecule has 0 aliphatic heterocycles. The summed E-state index contributed by atoms with van der Waals surface area (Å²) in [7, 11) is 0. The second kappa shape index (κ2) is 12.1. The number of para-hydroxylation sites is 3. The van der Waals surface area contributed by atoms with Gasteiger partial charge >= 0.3 is 0 Å². The maximum absolute atomic E-state index is 9.05. The van der Waals surface area contributed by atoms with Crippen LogP contribution in [0.15, 0.2) is 176 Å². The summed E-state index contributed by atoms with van der Waals surface area (Å²) in [5, 5.41) is 2.22. The third-order valence-corrected chi connectivity index (χ3v) is 8.86. The van der Waals surface area contributed by atoms with Gasteiger partial charge < -0.3 is 0 Å². The lowest BCUT2D eigenvalue weighted by molar-refractivity contribution is 0.909. The van der Waals surface area contributed by atoms with E-state index in [0.29, 0.717) is 60.5 Å². The summed E-state index contributed by atoms with van der Waals surface area (Å²) in [6, 6.07) is 29.2. The lowest BCUT2D eigenvalue weighted by Crippen LogP contribution is -2.02. The highest BCUT2D eigenvalue weighted by atomic mass is 15.1. The smallest absolute Gasteiger partial charge is 0.114 e. The third-order valence-electron chi connectivity index (χ3n) is 8.86. The number of aromatic nitrogens is 2. The van der Waals surface area contributed by atoms with Crippen molar-refractivity contribution in [1.82, 2.24) is 9.55 Å². The molecular weight excluding hydrogens is 593 g/mol. The number of hydrogen-bond donors (Lipinski definition) is 0. The summed E-state index contributed by atoms with van der Waals surface area (Å²) in [5.41, 5.74) is 4.72. The fourth-order valence-electron chi connectivity index (χ4n) is 6.77. The predicted octanol–water partition coefficient (Wildman–Crippen LogP) is 12.6. The fourth-order valence-corrected chi connectivity index (χ4v) is 6.77. The molecule has 0 bridgehead atoms. The molecule has 9 rings (SSSR count). The number of nitrogens with zero attached hydrogens (tertiary/aromatic N) is 2. The Morgan fingerprint density at radius 1 is 0.551 bits per heavy atom. The van der Waals surface area contributed by atoms with Crippen LogP contribution in [0.4, 0.5) is 0 Å². The number of aryl methyl sites for hydroxylation is 1. The fraction of sp³-hybridized carbons (Fsp3) is 0.0426. The Hall–Kier alpha value is -6.25. The van der Waals surface area contributed by atoms with Crippen LogP contribution in [-0.2, 0) is 6.37 Å². The molecule has 0 radical (unpaired) electrons. The molecule has 0 fully saturated rings. The van der Waals surface area contributed by atoms with Crippen molar-refractivity contribution < 1.29 is 20.6 Å². The lowest BCUT2D eigenvalue weighted by atomic mass is 9.84. The Labute approximate surface area is 307 Å². The van der Waals surface area contributed by atoms with Gasteiger partial charge in [-0.3, -0.25) is 4.57 Å². The topological polar surface area (TPSA) is 17.8 Å². The van der Waals surface area contributed by atoms with E-state index in [2.05, 4.69) is 4.98 Å². The average Bonchev–Trinajstić information content (AvgIpc) is 3.69. The highest BCUT2D eigenvalue weighted by Gasteiger charge is 2.19. The highest BCUT2D eigenvalue weighted by molar-refractivity contribution is 6.22. The van der Waals surface area contributed by atoms with Gasteiger partial charge in [-0.2, -0.15) is 0 Å². The van der Waals surface area contributed by atoms with Crippen molar-refractivity contribution in [3.8, 4) is 50.2 Å². The number of benzene rings is 8. The van der Waals surface area contributed by atoms with Crippen molar-refractivity contribution in [3.63, 3.8) is 0 Å². The summed E-state index contributed by atoms with van der Waals surface area (Å²) >= 11 is 0. The second-order valence-electron chi connectivity index (χ2n) is 11.5. The zero-order valence-electron chi connectivity index (χ0n) is 40.9. The number of hydrogen-bond acceptors (Lipinski definition) is 1. The summed E-state index contributed by atoms with van der Waals surface area (Å²) in [6.45, 7) is -3.03. The van der Waals surface area contributed by atoms with E-state index >= 15 is 0 Å². The van der Waals surface area contributed by atoms with Crippen LogP contribution in [0.3, 0.4) is 0 Å². The van der Waals surface area contributed by atoms with Gasteiger partial charge in [0.25, 0.3) is 0 Å². The predicted molar refractivity (Wildman–Crippen MR) is 207 cm³/mol. The second-order valence-corrected chi connectivity index (χ2v) is 11.5. The molecule has 0 aliphatic rings. The zero-order chi connectivity index (χ0) is 45.7. The molecule has 0 N–H and O–H groups in total. The number of fused-ring (bicyclic) bond motifs is 3. The molecule has 1 heterocycles. The van der Waals surface area contributed by atoms with Gasteiger partial charge in [-0.1, -0.05) is 158 Å². The normalized spacial score (nSPS) is 16.4. The molecule has 232 valence electrons. The van der Waals surface area contributed by atoms with Crippen LogP contribution in [0.25, 0.3) is 82.8 Å². The van der Waals surface area contributed by atoms with Crippen molar-refractivity contribution >= 4 is 32.6 Å². The van der Waals surface area contributed by atoms with E-state index in [9.17, 15) is 0 Å². The summed E-state index contributed by atoms with van der Waals surface area (Å²) in [6.07, 6.45) is -2.81. The first kappa shape index (κ1) is 17.2. The maximum atomic E-state index is 9.05. The minimum Gasteiger partial charge on any atom is -0.296 e. The van der Waals surface area contributed by atoms with Gasteiger partial charge in [-0.05, 0) is 84.8 Å². The van der Waals surface area contributed by atoms with E-state index in [-0.39, 0.29) is 22.5 Å². The lowest BCUT2D eigenvalue weighted by Gasteiger charge is -2.19. The number of imidazole rings is 1. The Bertz CT molecular complexity index is 3350. The highest BCUT2D eigenvalue weighted by Crippen LogP contribution is 2.45. The van der Waals surface area contributed by atoms with E-state index in [4.69, 9.17) is 20.6 Å². The summed E-state index contributed by atoms with van der Waals surface area (Å²) in [5.74, 6) is -0.266. The van der Waals surface area contributed by atoms with Crippen molar-refractivity contribution in [3.05, 3.63) is 182 Å². The van der Waals surface area contributed by atoms with Crippen molar-refractivity contribution in [2.24, 2.45) is 0 Å². The molecule has 0 saturated carbocycles. The standard InChI is InChI=1S/C47H34N2/c1-2-45-48-42-22-12-14-24-44(42)49(45)43-23-13-11-19-37(43)33-25-27-35(28-26-33)46-38-20-9-10-21-39(38)47(34-17-7-4-8-18-34)41-31-36(29-30-40(41)46)32-15-5-3-6-16-32/h3-31H,2H2,1H3/i1D3,2D2,3D,4D,5D,6D,7D,8D,15D,16D,17D,18D. The van der Waals surface area contributed by atoms with E-state index in [1.165, 1.54) is 0 Å². The molecule has 1 aromatic heterocycles. The van der Waals surface area contributed by atoms with E-state index < -0.39 is 73.6 Å². The third kappa shape index (κ3) is 4.92. The molecule has 0 unspecified atom stereocenters. The molecule has 8 aromatic carbocycles. The molecule has 0 aliphatic carbocycles. The Balaban J connectivity index is 1.31. The zero-order valence-corrected chi connectivity index (χ0v) is 25.9. The summed E-state index contributed by atoms with van der Waals surface area (Å²) < 4.78 is 129. The van der Waals surface area contributed by atoms with Crippen molar-refractivity contribution in [2.45, 2.75) is 13.2 Å². The van der Waals surface area contributed by atoms with Crippen molar-refractivity contribution in [2.75, 3.05) is 0 Å². The van der Waals surface area contributed by atoms with Crippen LogP contribution >= 0.6 is 0 Å².